The van der Waals surface area contributed by atoms with Gasteiger partial charge >= 0.3 is 0 Å². The van der Waals surface area contributed by atoms with Gasteiger partial charge in [0, 0.05) is 6.92 Å². The van der Waals surface area contributed by atoms with Crippen molar-refractivity contribution in [2.75, 3.05) is 25.1 Å². The molecular weight excluding hydrogens is 336 g/mol. The van der Waals surface area contributed by atoms with Gasteiger partial charge in [-0.3, -0.25) is 9.59 Å². The summed E-state index contributed by atoms with van der Waals surface area (Å²) in [4.78, 5) is 25.4. The van der Waals surface area contributed by atoms with E-state index >= 15 is 0 Å². The Morgan fingerprint density at radius 2 is 2.13 bits per heavy atom. The second-order valence-electron chi connectivity index (χ2n) is 5.45. The summed E-state index contributed by atoms with van der Waals surface area (Å²) in [6.45, 7) is 2.46. The van der Waals surface area contributed by atoms with E-state index < -0.39 is 6.04 Å². The maximum atomic E-state index is 12.5. The van der Waals surface area contributed by atoms with E-state index in [0.29, 0.717) is 30.3 Å². The highest BCUT2D eigenvalue weighted by molar-refractivity contribution is 7.98. The first-order valence-electron chi connectivity index (χ1n) is 7.47. The van der Waals surface area contributed by atoms with E-state index in [1.165, 1.54) is 6.92 Å². The fourth-order valence-corrected chi connectivity index (χ4v) is 3.02. The first kappa shape index (κ1) is 17.9. The van der Waals surface area contributed by atoms with E-state index in [1.807, 2.05) is 24.5 Å². The van der Waals surface area contributed by atoms with Gasteiger partial charge in [0.1, 0.15) is 17.9 Å². The van der Waals surface area contributed by atoms with Gasteiger partial charge in [-0.15, -0.1) is 0 Å². The van der Waals surface area contributed by atoms with Crippen molar-refractivity contribution in [2.45, 2.75) is 25.5 Å². The lowest BCUT2D eigenvalue weighted by molar-refractivity contribution is -0.144. The van der Waals surface area contributed by atoms with Gasteiger partial charge in [-0.1, -0.05) is 23.7 Å². The highest BCUT2D eigenvalue weighted by Crippen LogP contribution is 2.26. The number of hydrogen-bond donors (Lipinski definition) is 1. The van der Waals surface area contributed by atoms with Gasteiger partial charge in [0.05, 0.1) is 18.1 Å². The number of hydrogen-bond acceptors (Lipinski definition) is 4. The summed E-state index contributed by atoms with van der Waals surface area (Å²) in [5, 5.41) is 3.30. The van der Waals surface area contributed by atoms with Crippen molar-refractivity contribution in [3.63, 3.8) is 0 Å². The van der Waals surface area contributed by atoms with Crippen LogP contribution in [0.15, 0.2) is 24.3 Å². The number of thioether (sulfide) groups is 1. The third-order valence-electron chi connectivity index (χ3n) is 3.58. The van der Waals surface area contributed by atoms with E-state index in [-0.39, 0.29) is 17.9 Å². The molecule has 0 saturated carbocycles. The number of likely N-dealkylation sites (tertiary alicyclic amines) is 1. The molecule has 0 aromatic heterocycles. The lowest BCUT2D eigenvalue weighted by Gasteiger charge is -2.40. The average Bonchev–Trinajstić information content (AvgIpc) is 2.47. The Morgan fingerprint density at radius 1 is 1.43 bits per heavy atom. The molecule has 2 rings (SSSR count). The van der Waals surface area contributed by atoms with Gasteiger partial charge in [-0.05, 0) is 30.6 Å². The normalized spacial score (nSPS) is 15.7. The van der Waals surface area contributed by atoms with Crippen LogP contribution in [0, 0.1) is 0 Å². The topological polar surface area (TPSA) is 58.6 Å². The maximum Gasteiger partial charge on any atom is 0.245 e. The highest BCUT2D eigenvalue weighted by atomic mass is 35.5. The van der Waals surface area contributed by atoms with E-state index in [4.69, 9.17) is 16.3 Å². The monoisotopic (exact) mass is 356 g/mol. The summed E-state index contributed by atoms with van der Waals surface area (Å²) in [6, 6.07) is 6.83. The standard InChI is InChI=1S/C16H21ClN2O3S/c1-11(20)18-14(7-8-23-2)16(21)19-9-12(10-19)22-15-6-4-3-5-13(15)17/h3-6,12,14H,7-10H2,1-2H3,(H,18,20)/t14-/m0/s1. The van der Waals surface area contributed by atoms with Gasteiger partial charge in [0.2, 0.25) is 11.8 Å². The van der Waals surface area contributed by atoms with Crippen molar-refractivity contribution in [2.24, 2.45) is 0 Å². The molecule has 1 heterocycles. The van der Waals surface area contributed by atoms with Crippen LogP contribution in [-0.2, 0) is 9.59 Å². The molecule has 1 aliphatic rings. The molecule has 5 nitrogen and oxygen atoms in total. The Morgan fingerprint density at radius 3 is 2.74 bits per heavy atom. The van der Waals surface area contributed by atoms with Crippen molar-refractivity contribution in [3.05, 3.63) is 29.3 Å². The van der Waals surface area contributed by atoms with E-state index in [9.17, 15) is 9.59 Å². The number of nitrogens with zero attached hydrogens (tertiary/aromatic N) is 1. The first-order chi connectivity index (χ1) is 11.0. The Hall–Kier alpha value is -1.40. The molecule has 1 aromatic rings. The van der Waals surface area contributed by atoms with E-state index in [2.05, 4.69) is 5.32 Å². The minimum atomic E-state index is -0.457. The fourth-order valence-electron chi connectivity index (χ4n) is 2.37. The number of rotatable bonds is 7. The van der Waals surface area contributed by atoms with Crippen LogP contribution in [0.3, 0.4) is 0 Å². The predicted molar refractivity (Wildman–Crippen MR) is 93.1 cm³/mol. The minimum absolute atomic E-state index is 0.0479. The Balaban J connectivity index is 1.85. The van der Waals surface area contributed by atoms with E-state index in [0.717, 1.165) is 5.75 Å². The van der Waals surface area contributed by atoms with Crippen LogP contribution >= 0.6 is 23.4 Å². The maximum absolute atomic E-state index is 12.5. The quantitative estimate of drug-likeness (QED) is 0.813. The summed E-state index contributed by atoms with van der Waals surface area (Å²) >= 11 is 7.71. The summed E-state index contributed by atoms with van der Waals surface area (Å²) in [5.74, 6) is 1.22. The molecule has 0 spiro atoms. The van der Waals surface area contributed by atoms with Gasteiger partial charge < -0.3 is 15.0 Å². The Labute approximate surface area is 145 Å². The predicted octanol–water partition coefficient (Wildman–Crippen LogP) is 2.19. The van der Waals surface area contributed by atoms with Gasteiger partial charge in [0.15, 0.2) is 0 Å². The van der Waals surface area contributed by atoms with Crippen molar-refractivity contribution >= 4 is 35.2 Å². The van der Waals surface area contributed by atoms with Crippen LogP contribution in [0.1, 0.15) is 13.3 Å². The number of halogens is 1. The number of para-hydroxylation sites is 1. The summed E-state index contributed by atoms with van der Waals surface area (Å²) < 4.78 is 5.79. The zero-order chi connectivity index (χ0) is 16.8. The molecule has 126 valence electrons. The summed E-state index contributed by atoms with van der Waals surface area (Å²) in [6.07, 6.45) is 2.55. The molecule has 1 N–H and O–H groups in total. The number of carbonyl (C=O) groups excluding carboxylic acids is 2. The molecule has 1 aromatic carbocycles. The van der Waals surface area contributed by atoms with Crippen LogP contribution in [0.4, 0.5) is 0 Å². The van der Waals surface area contributed by atoms with Crippen LogP contribution < -0.4 is 10.1 Å². The number of nitrogens with one attached hydrogen (secondary N) is 1. The molecule has 7 heteroatoms. The second-order valence-corrected chi connectivity index (χ2v) is 6.84. The molecule has 23 heavy (non-hydrogen) atoms. The van der Waals surface area contributed by atoms with Gasteiger partial charge in [0.25, 0.3) is 0 Å². The molecule has 1 aliphatic heterocycles. The number of amides is 2. The van der Waals surface area contributed by atoms with Crippen LogP contribution in [-0.4, -0.2) is 54.0 Å². The minimum Gasteiger partial charge on any atom is -0.485 e. The van der Waals surface area contributed by atoms with Crippen LogP contribution in [0.5, 0.6) is 5.75 Å². The molecule has 1 fully saturated rings. The fraction of sp³-hybridized carbons (Fsp3) is 0.500. The lowest BCUT2D eigenvalue weighted by atomic mass is 10.1. The summed E-state index contributed by atoms with van der Waals surface area (Å²) in [7, 11) is 0. The van der Waals surface area contributed by atoms with Gasteiger partial charge in [-0.2, -0.15) is 11.8 Å². The zero-order valence-electron chi connectivity index (χ0n) is 13.3. The molecule has 0 aliphatic carbocycles. The Kier molecular flexibility index (Phi) is 6.59. The first-order valence-corrected chi connectivity index (χ1v) is 9.24. The zero-order valence-corrected chi connectivity index (χ0v) is 14.8. The number of benzene rings is 1. The van der Waals surface area contributed by atoms with Crippen molar-refractivity contribution < 1.29 is 14.3 Å². The third kappa shape index (κ3) is 5.04. The molecule has 1 saturated heterocycles. The molecule has 0 bridgehead atoms. The lowest BCUT2D eigenvalue weighted by Crippen LogP contribution is -2.60. The van der Waals surface area contributed by atoms with Gasteiger partial charge in [-0.25, -0.2) is 0 Å². The van der Waals surface area contributed by atoms with Crippen molar-refractivity contribution in [1.82, 2.24) is 10.2 Å². The Bertz CT molecular complexity index is 564. The average molecular weight is 357 g/mol. The van der Waals surface area contributed by atoms with Crippen molar-refractivity contribution in [3.8, 4) is 5.75 Å². The SMILES string of the molecule is CSCC[C@H](NC(C)=O)C(=O)N1CC(Oc2ccccc2Cl)C1. The van der Waals surface area contributed by atoms with Crippen molar-refractivity contribution in [1.29, 1.82) is 0 Å². The summed E-state index contributed by atoms with van der Waals surface area (Å²) in [5.41, 5.74) is 0. The molecule has 0 unspecified atom stereocenters. The molecule has 0 radical (unpaired) electrons. The van der Waals surface area contributed by atoms with Crippen LogP contribution in [0.2, 0.25) is 5.02 Å². The largest absolute Gasteiger partial charge is 0.485 e. The smallest absolute Gasteiger partial charge is 0.245 e. The number of carbonyl (C=O) groups is 2. The van der Waals surface area contributed by atoms with Crippen LogP contribution in [0.25, 0.3) is 0 Å². The molecule has 2 amide bonds. The van der Waals surface area contributed by atoms with E-state index in [1.54, 1.807) is 22.7 Å². The number of ether oxygens (including phenoxy) is 1. The molecular formula is C16H21ClN2O3S. The molecule has 1 atom stereocenters. The highest BCUT2D eigenvalue weighted by Gasteiger charge is 2.36. The third-order valence-corrected chi connectivity index (χ3v) is 4.53. The second kappa shape index (κ2) is 8.45.